The Balaban J connectivity index is 0.000000360. The van der Waals surface area contributed by atoms with E-state index in [0.29, 0.717) is 0 Å². The van der Waals surface area contributed by atoms with Crippen LogP contribution in [0.3, 0.4) is 0 Å². The number of rotatable bonds is 0. The molecule has 0 saturated carbocycles. The summed E-state index contributed by atoms with van der Waals surface area (Å²) in [6, 6.07) is 1.78. The van der Waals surface area contributed by atoms with Crippen LogP contribution in [0.5, 0.6) is 0 Å². The second-order valence-electron chi connectivity index (χ2n) is 0.904. The Labute approximate surface area is 72.0 Å². The normalized spacial score (nSPS) is 6.86. The van der Waals surface area contributed by atoms with Crippen LogP contribution in [-0.4, -0.2) is 47.7 Å². The zero-order valence-electron chi connectivity index (χ0n) is 3.20. The van der Waals surface area contributed by atoms with E-state index < -0.39 is 0 Å². The van der Waals surface area contributed by atoms with Crippen molar-refractivity contribution >= 4 is 37.7 Å². The van der Waals surface area contributed by atoms with Crippen molar-refractivity contribution in [2.24, 2.45) is 0 Å². The van der Waals surface area contributed by atoms with E-state index in [1.165, 1.54) is 6.33 Å². The van der Waals surface area contributed by atoms with Crippen LogP contribution in [0.2, 0.25) is 0 Å². The van der Waals surface area contributed by atoms with E-state index in [9.17, 15) is 0 Å². The maximum absolute atomic E-state index is 3.67. The number of aromatic nitrogens is 2. The van der Waals surface area contributed by atoms with Crippen molar-refractivity contribution in [3.63, 3.8) is 0 Å². The van der Waals surface area contributed by atoms with Crippen molar-refractivity contribution in [2.75, 3.05) is 0 Å². The summed E-state index contributed by atoms with van der Waals surface area (Å²) in [6.07, 6.45) is 4.88. The second kappa shape index (κ2) is 4.50. The maximum Gasteiger partial charge on any atom is 0.115 e. The summed E-state index contributed by atoms with van der Waals surface area (Å²) in [5.41, 5.74) is 0. The Bertz CT molecular complexity index is 81.6. The molecule has 1 rings (SSSR count). The van der Waals surface area contributed by atoms with Crippen LogP contribution < -0.4 is 0 Å². The van der Waals surface area contributed by atoms with E-state index >= 15 is 0 Å². The number of hydrogen-bond acceptors (Lipinski definition) is 2. The van der Waals surface area contributed by atoms with Crippen LogP contribution >= 0.6 is 0 Å². The summed E-state index contributed by atoms with van der Waals surface area (Å²) in [6.45, 7) is 0. The standard InChI is InChI=1S/C4H4N2.Ca.2H/c1-2-5-4-6-3-1;;;/h1-4H;;;. The van der Waals surface area contributed by atoms with Gasteiger partial charge in [-0.05, 0) is 6.07 Å². The topological polar surface area (TPSA) is 25.8 Å². The summed E-state index contributed by atoms with van der Waals surface area (Å²) in [5, 5.41) is 0. The van der Waals surface area contributed by atoms with Crippen LogP contribution in [0.4, 0.5) is 0 Å². The predicted molar refractivity (Wildman–Crippen MR) is 30.6 cm³/mol. The van der Waals surface area contributed by atoms with Crippen molar-refractivity contribution in [3.05, 3.63) is 24.8 Å². The van der Waals surface area contributed by atoms with E-state index in [1.807, 2.05) is 0 Å². The first-order valence-electron chi connectivity index (χ1n) is 1.70. The fraction of sp³-hybridized carbons (Fsp3) is 0. The third-order valence-corrected chi connectivity index (χ3v) is 0.478. The molecule has 0 aliphatic heterocycles. The van der Waals surface area contributed by atoms with Gasteiger partial charge in [-0.2, -0.15) is 0 Å². The molecule has 0 saturated heterocycles. The molecule has 0 N–H and O–H groups in total. The molecular weight excluding hydrogens is 116 g/mol. The van der Waals surface area contributed by atoms with Crippen molar-refractivity contribution < 1.29 is 0 Å². The van der Waals surface area contributed by atoms with Gasteiger partial charge in [0, 0.05) is 12.4 Å². The second-order valence-corrected chi connectivity index (χ2v) is 0.904. The SMILES string of the molecule is [CaH2].c1cncnc1. The van der Waals surface area contributed by atoms with Gasteiger partial charge in [0.2, 0.25) is 0 Å². The molecule has 0 atom stereocenters. The molecule has 34 valence electrons. The first-order chi connectivity index (χ1) is 3.00. The monoisotopic (exact) mass is 122 g/mol. The summed E-state index contributed by atoms with van der Waals surface area (Å²) in [4.78, 5) is 7.35. The van der Waals surface area contributed by atoms with Crippen molar-refractivity contribution in [2.45, 2.75) is 0 Å². The molecule has 0 fully saturated rings. The van der Waals surface area contributed by atoms with Crippen molar-refractivity contribution in [3.8, 4) is 0 Å². The summed E-state index contributed by atoms with van der Waals surface area (Å²) >= 11 is 0. The minimum atomic E-state index is 0. The van der Waals surface area contributed by atoms with Gasteiger partial charge < -0.3 is 0 Å². The minimum Gasteiger partial charge on any atom is -0.245 e. The van der Waals surface area contributed by atoms with E-state index in [4.69, 9.17) is 0 Å². The molecule has 0 radical (unpaired) electrons. The van der Waals surface area contributed by atoms with Crippen LogP contribution in [0.25, 0.3) is 0 Å². The van der Waals surface area contributed by atoms with Gasteiger partial charge in [0.15, 0.2) is 0 Å². The van der Waals surface area contributed by atoms with Gasteiger partial charge in [0.1, 0.15) is 6.33 Å². The Morgan fingerprint density at radius 3 is 1.71 bits per heavy atom. The molecule has 2 nitrogen and oxygen atoms in total. The van der Waals surface area contributed by atoms with E-state index in [-0.39, 0.29) is 37.7 Å². The molecular formula is C4H6CaN2. The molecule has 1 heterocycles. The molecule has 0 aromatic carbocycles. The molecule has 0 bridgehead atoms. The maximum atomic E-state index is 3.67. The van der Waals surface area contributed by atoms with Gasteiger partial charge in [-0.25, -0.2) is 9.97 Å². The fourth-order valence-electron chi connectivity index (χ4n) is 0.253. The van der Waals surface area contributed by atoms with Gasteiger partial charge in [-0.3, -0.25) is 0 Å². The van der Waals surface area contributed by atoms with Gasteiger partial charge in [0.05, 0.1) is 0 Å². The first-order valence-corrected chi connectivity index (χ1v) is 1.70. The Morgan fingerprint density at radius 1 is 1.00 bits per heavy atom. The third kappa shape index (κ3) is 2.97. The molecule has 1 aromatic heterocycles. The van der Waals surface area contributed by atoms with Crippen LogP contribution in [0.1, 0.15) is 0 Å². The quantitative estimate of drug-likeness (QED) is 0.436. The average Bonchev–Trinajstić information content (AvgIpc) is 1.72. The molecule has 0 spiro atoms. The molecule has 0 aliphatic carbocycles. The smallest absolute Gasteiger partial charge is 0.115 e. The van der Waals surface area contributed by atoms with Crippen LogP contribution in [0.15, 0.2) is 24.8 Å². The van der Waals surface area contributed by atoms with Crippen molar-refractivity contribution in [1.82, 2.24) is 9.97 Å². The largest absolute Gasteiger partial charge is 0.245 e. The van der Waals surface area contributed by atoms with Gasteiger partial charge in [-0.1, -0.05) is 0 Å². The zero-order chi connectivity index (χ0) is 4.24. The van der Waals surface area contributed by atoms with Gasteiger partial charge in [0.25, 0.3) is 0 Å². The number of nitrogens with zero attached hydrogens (tertiary/aromatic N) is 2. The van der Waals surface area contributed by atoms with Crippen LogP contribution in [0, 0.1) is 0 Å². The van der Waals surface area contributed by atoms with E-state index in [0.717, 1.165) is 0 Å². The molecule has 1 aromatic rings. The molecule has 0 aliphatic rings. The Morgan fingerprint density at radius 2 is 1.57 bits per heavy atom. The van der Waals surface area contributed by atoms with E-state index in [2.05, 4.69) is 9.97 Å². The first kappa shape index (κ1) is 7.34. The Hall–Kier alpha value is 0.340. The summed E-state index contributed by atoms with van der Waals surface area (Å²) in [7, 11) is 0. The molecule has 0 amide bonds. The molecule has 0 unspecified atom stereocenters. The predicted octanol–water partition coefficient (Wildman–Crippen LogP) is -0.440. The van der Waals surface area contributed by atoms with Gasteiger partial charge in [-0.15, -0.1) is 0 Å². The minimum absolute atomic E-state index is 0. The average molecular weight is 122 g/mol. The molecule has 7 heavy (non-hydrogen) atoms. The fourth-order valence-corrected chi connectivity index (χ4v) is 0.253. The summed E-state index contributed by atoms with van der Waals surface area (Å²) in [5.74, 6) is 0. The third-order valence-electron chi connectivity index (χ3n) is 0.478. The summed E-state index contributed by atoms with van der Waals surface area (Å²) < 4.78 is 0. The van der Waals surface area contributed by atoms with Crippen LogP contribution in [-0.2, 0) is 0 Å². The Kier molecular flexibility index (Phi) is 4.72. The van der Waals surface area contributed by atoms with Gasteiger partial charge >= 0.3 is 37.7 Å². The van der Waals surface area contributed by atoms with Crippen molar-refractivity contribution in [1.29, 1.82) is 0 Å². The number of hydrogen-bond donors (Lipinski definition) is 0. The van der Waals surface area contributed by atoms with E-state index in [1.54, 1.807) is 18.5 Å². The zero-order valence-corrected chi connectivity index (χ0v) is 3.20. The molecule has 3 heteroatoms.